The van der Waals surface area contributed by atoms with E-state index in [1.807, 2.05) is 30.3 Å². The molecule has 0 saturated carbocycles. The second-order valence-corrected chi connectivity index (χ2v) is 4.40. The zero-order valence-electron chi connectivity index (χ0n) is 10.1. The van der Waals surface area contributed by atoms with Gasteiger partial charge in [-0.05, 0) is 5.56 Å². The lowest BCUT2D eigenvalue weighted by molar-refractivity contribution is 1.06. The highest BCUT2D eigenvalue weighted by Gasteiger charge is 2.26. The third kappa shape index (κ3) is 1.31. The smallest absolute Gasteiger partial charge is 0.274 e. The van der Waals surface area contributed by atoms with E-state index in [2.05, 4.69) is 25.4 Å². The first kappa shape index (κ1) is 10.8. The molecule has 2 aromatic heterocycles. The van der Waals surface area contributed by atoms with Crippen LogP contribution < -0.4 is 5.56 Å². The molecule has 7 nitrogen and oxygen atoms in total. The quantitative estimate of drug-likeness (QED) is 0.626. The van der Waals surface area contributed by atoms with Crippen LogP contribution >= 0.6 is 0 Å². The van der Waals surface area contributed by atoms with Crippen molar-refractivity contribution in [2.45, 2.75) is 0 Å². The van der Waals surface area contributed by atoms with Crippen LogP contribution in [0.15, 0.2) is 45.4 Å². The zero-order chi connectivity index (χ0) is 13.7. The summed E-state index contributed by atoms with van der Waals surface area (Å²) in [6.07, 6.45) is 0. The number of hydrogen-bond donors (Lipinski definition) is 3. The van der Waals surface area contributed by atoms with Crippen LogP contribution in [0.5, 0.6) is 0 Å². The molecule has 0 bridgehead atoms. The first-order valence-corrected chi connectivity index (χ1v) is 5.96. The van der Waals surface area contributed by atoms with E-state index in [1.165, 1.54) is 0 Å². The molecule has 20 heavy (non-hydrogen) atoms. The Labute approximate surface area is 111 Å². The maximum absolute atomic E-state index is 12.0. The molecule has 3 heterocycles. The summed E-state index contributed by atoms with van der Waals surface area (Å²) in [5.74, 6) is 0.380. The molecule has 0 saturated heterocycles. The van der Waals surface area contributed by atoms with E-state index >= 15 is 0 Å². The predicted octanol–water partition coefficient (Wildman–Crippen LogP) is 2.34. The van der Waals surface area contributed by atoms with Gasteiger partial charge < -0.3 is 0 Å². The molecule has 0 spiro atoms. The molecule has 1 aliphatic rings. The van der Waals surface area contributed by atoms with Crippen molar-refractivity contribution < 1.29 is 0 Å². The van der Waals surface area contributed by atoms with Crippen LogP contribution in [0.1, 0.15) is 5.56 Å². The Balaban J connectivity index is 2.23. The number of amidine groups is 1. The number of H-pyrrole nitrogens is 2. The van der Waals surface area contributed by atoms with Gasteiger partial charge >= 0.3 is 0 Å². The van der Waals surface area contributed by atoms with Gasteiger partial charge in [0.15, 0.2) is 17.3 Å². The van der Waals surface area contributed by atoms with Crippen molar-refractivity contribution in [1.82, 2.24) is 15.2 Å². The monoisotopic (exact) mass is 264 g/mol. The number of rotatable bonds is 1. The first-order chi connectivity index (χ1) is 9.75. The molecule has 3 aromatic rings. The zero-order valence-corrected chi connectivity index (χ0v) is 10.1. The minimum atomic E-state index is -0.270. The SMILES string of the molecule is N=C1N=Nc2nc3[nH][nH]c(=O)c3c(-c3ccccc3)c21. The largest absolute Gasteiger partial charge is 0.281 e. The van der Waals surface area contributed by atoms with E-state index in [0.29, 0.717) is 28.0 Å². The van der Waals surface area contributed by atoms with Crippen molar-refractivity contribution >= 4 is 22.7 Å². The maximum Gasteiger partial charge on any atom is 0.274 e. The standard InChI is InChI=1S/C13H8N6O/c14-10-8-7(6-4-2-1-3-5-6)9-12(18-19-13(9)20)15-11(8)17-16-10/h1-5,14H,(H2,15,18,19,20). The summed E-state index contributed by atoms with van der Waals surface area (Å²) < 4.78 is 0. The summed E-state index contributed by atoms with van der Waals surface area (Å²) >= 11 is 0. The predicted molar refractivity (Wildman–Crippen MR) is 73.5 cm³/mol. The van der Waals surface area contributed by atoms with Gasteiger partial charge in [0.1, 0.15) is 0 Å². The van der Waals surface area contributed by atoms with E-state index in [4.69, 9.17) is 5.41 Å². The Morgan fingerprint density at radius 1 is 1.00 bits per heavy atom. The molecule has 0 atom stereocenters. The highest BCUT2D eigenvalue weighted by atomic mass is 16.1. The average molecular weight is 264 g/mol. The second-order valence-electron chi connectivity index (χ2n) is 4.40. The lowest BCUT2D eigenvalue weighted by Gasteiger charge is -2.07. The van der Waals surface area contributed by atoms with Crippen LogP contribution in [0, 0.1) is 5.41 Å². The highest BCUT2D eigenvalue weighted by Crippen LogP contribution is 2.37. The van der Waals surface area contributed by atoms with Crippen molar-refractivity contribution in [3.63, 3.8) is 0 Å². The summed E-state index contributed by atoms with van der Waals surface area (Å²) in [5, 5.41) is 21.2. The summed E-state index contributed by atoms with van der Waals surface area (Å²) in [6.45, 7) is 0. The Morgan fingerprint density at radius 3 is 2.60 bits per heavy atom. The average Bonchev–Trinajstić information content (AvgIpc) is 3.03. The molecule has 96 valence electrons. The Morgan fingerprint density at radius 2 is 1.80 bits per heavy atom. The molecule has 0 amide bonds. The van der Waals surface area contributed by atoms with Gasteiger partial charge in [0.2, 0.25) is 0 Å². The molecule has 3 N–H and O–H groups in total. The van der Waals surface area contributed by atoms with Crippen molar-refractivity contribution in [1.29, 1.82) is 5.41 Å². The molecule has 4 rings (SSSR count). The number of nitrogens with one attached hydrogen (secondary N) is 3. The summed E-state index contributed by atoms with van der Waals surface area (Å²) in [6, 6.07) is 9.41. The van der Waals surface area contributed by atoms with E-state index in [1.54, 1.807) is 0 Å². The summed E-state index contributed by atoms with van der Waals surface area (Å²) in [4.78, 5) is 16.2. The molecule has 0 fully saturated rings. The molecule has 1 aliphatic heterocycles. The molecular weight excluding hydrogens is 256 g/mol. The maximum atomic E-state index is 12.0. The topological polar surface area (TPSA) is 110 Å². The van der Waals surface area contributed by atoms with Gasteiger partial charge in [0.05, 0.1) is 10.9 Å². The number of benzene rings is 1. The Bertz CT molecular complexity index is 935. The molecule has 0 radical (unpaired) electrons. The van der Waals surface area contributed by atoms with Gasteiger partial charge in [-0.2, -0.15) is 0 Å². The normalized spacial score (nSPS) is 13.1. The van der Waals surface area contributed by atoms with Gasteiger partial charge in [0, 0.05) is 5.56 Å². The number of aromatic nitrogens is 3. The number of nitrogens with zero attached hydrogens (tertiary/aromatic N) is 3. The number of fused-ring (bicyclic) bond motifs is 2. The molecule has 7 heteroatoms. The highest BCUT2D eigenvalue weighted by molar-refractivity contribution is 6.14. The Kier molecular flexibility index (Phi) is 2.00. The first-order valence-electron chi connectivity index (χ1n) is 5.96. The summed E-state index contributed by atoms with van der Waals surface area (Å²) in [7, 11) is 0. The number of pyridine rings is 1. The fourth-order valence-corrected chi connectivity index (χ4v) is 2.40. The third-order valence-corrected chi connectivity index (χ3v) is 3.24. The lowest BCUT2D eigenvalue weighted by Crippen LogP contribution is -2.03. The van der Waals surface area contributed by atoms with Gasteiger partial charge in [-0.25, -0.2) is 4.98 Å². The van der Waals surface area contributed by atoms with E-state index in [9.17, 15) is 4.79 Å². The van der Waals surface area contributed by atoms with Crippen molar-refractivity contribution in [2.24, 2.45) is 10.2 Å². The third-order valence-electron chi connectivity index (χ3n) is 3.24. The van der Waals surface area contributed by atoms with Crippen molar-refractivity contribution in [3.05, 3.63) is 46.2 Å². The van der Waals surface area contributed by atoms with Crippen LogP contribution in [0.25, 0.3) is 22.2 Å². The number of azo groups is 1. The van der Waals surface area contributed by atoms with Gasteiger partial charge in [-0.15, -0.1) is 10.2 Å². The van der Waals surface area contributed by atoms with Crippen molar-refractivity contribution in [3.8, 4) is 11.1 Å². The van der Waals surface area contributed by atoms with Crippen LogP contribution in [-0.4, -0.2) is 21.0 Å². The van der Waals surface area contributed by atoms with E-state index in [0.717, 1.165) is 5.56 Å². The van der Waals surface area contributed by atoms with E-state index < -0.39 is 0 Å². The number of aromatic amines is 2. The van der Waals surface area contributed by atoms with Crippen LogP contribution in [0.3, 0.4) is 0 Å². The fraction of sp³-hybridized carbons (Fsp3) is 0. The van der Waals surface area contributed by atoms with Crippen LogP contribution in [0.4, 0.5) is 5.82 Å². The van der Waals surface area contributed by atoms with Gasteiger partial charge in [-0.3, -0.25) is 20.4 Å². The van der Waals surface area contributed by atoms with Gasteiger partial charge in [-0.1, -0.05) is 30.3 Å². The van der Waals surface area contributed by atoms with Crippen LogP contribution in [0.2, 0.25) is 0 Å². The van der Waals surface area contributed by atoms with Gasteiger partial charge in [0.25, 0.3) is 5.56 Å². The molecule has 1 aromatic carbocycles. The molecule has 0 unspecified atom stereocenters. The fourth-order valence-electron chi connectivity index (χ4n) is 2.40. The van der Waals surface area contributed by atoms with Crippen LogP contribution in [-0.2, 0) is 0 Å². The number of hydrogen-bond acceptors (Lipinski definition) is 4. The Hall–Kier alpha value is -3.09. The molecular formula is C13H8N6O. The van der Waals surface area contributed by atoms with Crippen molar-refractivity contribution in [2.75, 3.05) is 0 Å². The lowest BCUT2D eigenvalue weighted by atomic mass is 9.97. The summed E-state index contributed by atoms with van der Waals surface area (Å²) in [5.41, 5.74) is 2.12. The molecule has 0 aliphatic carbocycles. The minimum Gasteiger partial charge on any atom is -0.281 e. The minimum absolute atomic E-state index is 0.0221. The second kappa shape index (κ2) is 3.70. The van der Waals surface area contributed by atoms with E-state index in [-0.39, 0.29) is 11.4 Å².